The normalized spacial score (nSPS) is 10.2. The Kier molecular flexibility index (Phi) is 6.60. The Hall–Kier alpha value is -1.88. The van der Waals surface area contributed by atoms with Crippen molar-refractivity contribution in [3.05, 3.63) is 30.3 Å². The number of anilines is 1. The molecular weight excluding hydrogens is 244 g/mol. The van der Waals surface area contributed by atoms with E-state index in [0.29, 0.717) is 18.7 Å². The van der Waals surface area contributed by atoms with E-state index in [4.69, 9.17) is 10.8 Å². The van der Waals surface area contributed by atoms with Crippen molar-refractivity contribution in [1.29, 1.82) is 0 Å². The number of carboxylic acid groups (broad SMARTS) is 1. The second-order valence-electron chi connectivity index (χ2n) is 4.31. The fourth-order valence-electron chi connectivity index (χ4n) is 1.80. The zero-order chi connectivity index (χ0) is 14.1. The van der Waals surface area contributed by atoms with Crippen molar-refractivity contribution in [1.82, 2.24) is 0 Å². The van der Waals surface area contributed by atoms with E-state index in [0.717, 1.165) is 19.3 Å². The van der Waals surface area contributed by atoms with Gasteiger partial charge in [-0.05, 0) is 31.5 Å². The number of carbonyl (C=O) groups excluding carboxylic acids is 1. The monoisotopic (exact) mass is 264 g/mol. The van der Waals surface area contributed by atoms with Crippen LogP contribution in [0.3, 0.4) is 0 Å². The Morgan fingerprint density at radius 1 is 1.11 bits per heavy atom. The number of rotatable bonds is 8. The van der Waals surface area contributed by atoms with E-state index in [1.165, 1.54) is 4.90 Å². The molecule has 0 bridgehead atoms. The predicted octanol–water partition coefficient (Wildman–Crippen LogP) is 1.62. The van der Waals surface area contributed by atoms with E-state index >= 15 is 0 Å². The van der Waals surface area contributed by atoms with Crippen LogP contribution >= 0.6 is 0 Å². The second-order valence-corrected chi connectivity index (χ2v) is 4.31. The van der Waals surface area contributed by atoms with Gasteiger partial charge >= 0.3 is 5.97 Å². The van der Waals surface area contributed by atoms with Crippen molar-refractivity contribution >= 4 is 17.6 Å². The third kappa shape index (κ3) is 5.52. The molecule has 1 aromatic rings. The molecule has 19 heavy (non-hydrogen) atoms. The number of nitrogens with two attached hydrogens (primary N) is 1. The summed E-state index contributed by atoms with van der Waals surface area (Å²) < 4.78 is 0. The summed E-state index contributed by atoms with van der Waals surface area (Å²) in [5.74, 6) is -1.18. The van der Waals surface area contributed by atoms with Crippen molar-refractivity contribution in [2.24, 2.45) is 5.73 Å². The lowest BCUT2D eigenvalue weighted by Gasteiger charge is -2.20. The van der Waals surface area contributed by atoms with Crippen LogP contribution in [-0.2, 0) is 9.59 Å². The zero-order valence-electron chi connectivity index (χ0n) is 10.9. The molecule has 104 valence electrons. The van der Waals surface area contributed by atoms with Crippen LogP contribution in [-0.4, -0.2) is 30.1 Å². The summed E-state index contributed by atoms with van der Waals surface area (Å²) in [6.45, 7) is 0.311. The van der Waals surface area contributed by atoms with Crippen molar-refractivity contribution in [3.8, 4) is 0 Å². The molecule has 0 aromatic heterocycles. The Bertz CT molecular complexity index is 406. The van der Waals surface area contributed by atoms with Gasteiger partial charge in [-0.2, -0.15) is 0 Å². The van der Waals surface area contributed by atoms with Gasteiger partial charge in [0.25, 0.3) is 0 Å². The van der Waals surface area contributed by atoms with Crippen molar-refractivity contribution < 1.29 is 14.7 Å². The van der Waals surface area contributed by atoms with E-state index in [1.54, 1.807) is 24.3 Å². The van der Waals surface area contributed by atoms with E-state index in [-0.39, 0.29) is 12.5 Å². The summed E-state index contributed by atoms with van der Waals surface area (Å²) in [5, 5.41) is 8.89. The minimum Gasteiger partial charge on any atom is -0.480 e. The molecule has 0 aliphatic rings. The first-order valence-electron chi connectivity index (χ1n) is 6.42. The number of aliphatic carboxylic acids is 1. The van der Waals surface area contributed by atoms with Gasteiger partial charge in [-0.15, -0.1) is 0 Å². The quantitative estimate of drug-likeness (QED) is 0.699. The Morgan fingerprint density at radius 3 is 2.37 bits per heavy atom. The van der Waals surface area contributed by atoms with E-state index in [2.05, 4.69) is 0 Å². The molecule has 0 saturated carbocycles. The molecule has 0 aliphatic carbocycles. The molecule has 5 nitrogen and oxygen atoms in total. The highest BCUT2D eigenvalue weighted by atomic mass is 16.4. The van der Waals surface area contributed by atoms with E-state index in [9.17, 15) is 9.59 Å². The number of para-hydroxylation sites is 1. The van der Waals surface area contributed by atoms with E-state index in [1.807, 2.05) is 6.07 Å². The van der Waals surface area contributed by atoms with Crippen LogP contribution in [0.5, 0.6) is 0 Å². The number of carboxylic acids is 1. The number of unbranched alkanes of at least 4 members (excludes halogenated alkanes) is 2. The number of carbonyl (C=O) groups is 2. The van der Waals surface area contributed by atoms with Crippen LogP contribution in [0.15, 0.2) is 30.3 Å². The van der Waals surface area contributed by atoms with Gasteiger partial charge in [0.2, 0.25) is 5.91 Å². The average Bonchev–Trinajstić information content (AvgIpc) is 2.41. The van der Waals surface area contributed by atoms with Gasteiger partial charge in [0.15, 0.2) is 0 Å². The molecule has 0 heterocycles. The number of benzene rings is 1. The average molecular weight is 264 g/mol. The van der Waals surface area contributed by atoms with Gasteiger partial charge in [-0.1, -0.05) is 24.6 Å². The maximum absolute atomic E-state index is 12.1. The minimum absolute atomic E-state index is 0.161. The molecule has 0 unspecified atom stereocenters. The highest BCUT2D eigenvalue weighted by molar-refractivity contribution is 5.97. The molecule has 0 spiro atoms. The van der Waals surface area contributed by atoms with Gasteiger partial charge in [-0.25, -0.2) is 0 Å². The minimum atomic E-state index is -1.01. The Balaban J connectivity index is 2.63. The van der Waals surface area contributed by atoms with Gasteiger partial charge in [0.1, 0.15) is 6.54 Å². The van der Waals surface area contributed by atoms with Crippen molar-refractivity contribution in [2.45, 2.75) is 25.7 Å². The number of nitrogens with zero attached hydrogens (tertiary/aromatic N) is 1. The SMILES string of the molecule is NCCCCCC(=O)N(CC(=O)O)c1ccccc1. The van der Waals surface area contributed by atoms with Crippen LogP contribution in [0.2, 0.25) is 0 Å². The second kappa shape index (κ2) is 8.26. The maximum Gasteiger partial charge on any atom is 0.323 e. The van der Waals surface area contributed by atoms with Crippen LogP contribution in [0.1, 0.15) is 25.7 Å². The maximum atomic E-state index is 12.1. The van der Waals surface area contributed by atoms with Crippen LogP contribution < -0.4 is 10.6 Å². The summed E-state index contributed by atoms with van der Waals surface area (Å²) in [7, 11) is 0. The molecule has 1 aromatic carbocycles. The topological polar surface area (TPSA) is 83.6 Å². The van der Waals surface area contributed by atoms with Crippen molar-refractivity contribution in [3.63, 3.8) is 0 Å². The lowest BCUT2D eigenvalue weighted by Crippen LogP contribution is -2.35. The summed E-state index contributed by atoms with van der Waals surface area (Å²) in [5.41, 5.74) is 6.01. The largest absolute Gasteiger partial charge is 0.480 e. The molecule has 3 N–H and O–H groups in total. The predicted molar refractivity (Wildman–Crippen MR) is 74.0 cm³/mol. The first kappa shape index (κ1) is 15.2. The molecule has 0 saturated heterocycles. The first-order chi connectivity index (χ1) is 9.15. The van der Waals surface area contributed by atoms with Gasteiger partial charge in [0.05, 0.1) is 0 Å². The fourth-order valence-corrected chi connectivity index (χ4v) is 1.80. The Labute approximate surface area is 113 Å². The summed E-state index contributed by atoms with van der Waals surface area (Å²) in [6.07, 6.45) is 2.86. The fraction of sp³-hybridized carbons (Fsp3) is 0.429. The highest BCUT2D eigenvalue weighted by Gasteiger charge is 2.17. The summed E-state index contributed by atoms with van der Waals surface area (Å²) in [4.78, 5) is 24.2. The van der Waals surface area contributed by atoms with Gasteiger partial charge in [-0.3, -0.25) is 9.59 Å². The number of amides is 1. The van der Waals surface area contributed by atoms with E-state index < -0.39 is 5.97 Å². The molecule has 1 rings (SSSR count). The molecule has 0 radical (unpaired) electrons. The van der Waals surface area contributed by atoms with Crippen LogP contribution in [0.25, 0.3) is 0 Å². The summed E-state index contributed by atoms with van der Waals surface area (Å²) in [6, 6.07) is 8.87. The standard InChI is InChI=1S/C14H20N2O3/c15-10-6-2-5-9-13(17)16(11-14(18)19)12-7-3-1-4-8-12/h1,3-4,7-8H,2,5-6,9-11,15H2,(H,18,19). The third-order valence-corrected chi connectivity index (χ3v) is 2.76. The zero-order valence-corrected chi connectivity index (χ0v) is 10.9. The lowest BCUT2D eigenvalue weighted by molar-refractivity contribution is -0.136. The highest BCUT2D eigenvalue weighted by Crippen LogP contribution is 2.15. The Morgan fingerprint density at radius 2 is 1.79 bits per heavy atom. The lowest BCUT2D eigenvalue weighted by atomic mass is 10.1. The molecule has 5 heteroatoms. The van der Waals surface area contributed by atoms with Crippen LogP contribution in [0, 0.1) is 0 Å². The van der Waals surface area contributed by atoms with Gasteiger partial charge in [0, 0.05) is 12.1 Å². The first-order valence-corrected chi connectivity index (χ1v) is 6.42. The summed E-state index contributed by atoms with van der Waals surface area (Å²) >= 11 is 0. The number of hydrogen-bond acceptors (Lipinski definition) is 3. The molecule has 0 atom stereocenters. The molecular formula is C14H20N2O3. The van der Waals surface area contributed by atoms with Crippen LogP contribution in [0.4, 0.5) is 5.69 Å². The number of hydrogen-bond donors (Lipinski definition) is 2. The molecule has 1 amide bonds. The molecule has 0 fully saturated rings. The molecule has 0 aliphatic heterocycles. The van der Waals surface area contributed by atoms with Gasteiger partial charge < -0.3 is 15.7 Å². The smallest absolute Gasteiger partial charge is 0.323 e. The van der Waals surface area contributed by atoms with Crippen molar-refractivity contribution in [2.75, 3.05) is 18.0 Å². The third-order valence-electron chi connectivity index (χ3n) is 2.76.